The van der Waals surface area contributed by atoms with E-state index in [9.17, 15) is 9.59 Å². The van der Waals surface area contributed by atoms with E-state index in [0.717, 1.165) is 0 Å². The van der Waals surface area contributed by atoms with Crippen LogP contribution in [0.2, 0.25) is 0 Å². The van der Waals surface area contributed by atoms with Gasteiger partial charge in [0.05, 0.1) is 5.56 Å². The van der Waals surface area contributed by atoms with Gasteiger partial charge in [-0.05, 0) is 12.1 Å². The standard InChI is InChI=1S/C10H7NO4/c1-5-11-7-4-2-3-6(9(7)15-5)8(12)10(13)14/h2-4H,1H3,(H,13,14). The zero-order chi connectivity index (χ0) is 11.0. The Labute approximate surface area is 84.3 Å². The maximum absolute atomic E-state index is 11.3. The maximum atomic E-state index is 11.3. The molecule has 0 aliphatic heterocycles. The molecule has 0 bridgehead atoms. The first-order valence-corrected chi connectivity index (χ1v) is 4.23. The van der Waals surface area contributed by atoms with Crippen LogP contribution in [0.5, 0.6) is 0 Å². The quantitative estimate of drug-likeness (QED) is 0.592. The Hall–Kier alpha value is -2.17. The van der Waals surface area contributed by atoms with Gasteiger partial charge in [-0.2, -0.15) is 0 Å². The Morgan fingerprint density at radius 2 is 2.13 bits per heavy atom. The molecule has 0 fully saturated rings. The van der Waals surface area contributed by atoms with Crippen molar-refractivity contribution in [3.05, 3.63) is 29.7 Å². The van der Waals surface area contributed by atoms with E-state index in [0.29, 0.717) is 11.4 Å². The van der Waals surface area contributed by atoms with Crippen molar-refractivity contribution in [2.24, 2.45) is 0 Å². The van der Waals surface area contributed by atoms with E-state index in [1.807, 2.05) is 0 Å². The number of ketones is 1. The molecule has 1 aromatic heterocycles. The number of oxazole rings is 1. The van der Waals surface area contributed by atoms with Crippen molar-refractivity contribution in [2.45, 2.75) is 6.92 Å². The van der Waals surface area contributed by atoms with Crippen LogP contribution in [0.3, 0.4) is 0 Å². The molecule has 1 heterocycles. The van der Waals surface area contributed by atoms with Gasteiger partial charge in [-0.25, -0.2) is 9.78 Å². The molecule has 0 aliphatic rings. The summed E-state index contributed by atoms with van der Waals surface area (Å²) in [5.74, 6) is -2.09. The third-order valence-electron chi connectivity index (χ3n) is 1.96. The number of carboxylic acid groups (broad SMARTS) is 1. The Morgan fingerprint density at radius 3 is 2.80 bits per heavy atom. The molecule has 0 saturated carbocycles. The van der Waals surface area contributed by atoms with E-state index in [2.05, 4.69) is 4.98 Å². The zero-order valence-corrected chi connectivity index (χ0v) is 7.85. The van der Waals surface area contributed by atoms with Crippen LogP contribution < -0.4 is 0 Å². The number of rotatable bonds is 2. The number of para-hydroxylation sites is 1. The number of aryl methyl sites for hydroxylation is 1. The Balaban J connectivity index is 2.70. The average molecular weight is 205 g/mol. The van der Waals surface area contributed by atoms with Crippen LogP contribution in [-0.4, -0.2) is 21.8 Å². The number of hydrogen-bond acceptors (Lipinski definition) is 4. The van der Waals surface area contributed by atoms with Gasteiger partial charge in [0.25, 0.3) is 5.78 Å². The predicted octanol–water partition coefficient (Wildman–Crippen LogP) is 1.40. The summed E-state index contributed by atoms with van der Waals surface area (Å²) in [6.45, 7) is 1.63. The summed E-state index contributed by atoms with van der Waals surface area (Å²) in [6, 6.07) is 4.63. The lowest BCUT2D eigenvalue weighted by Crippen LogP contribution is -2.12. The minimum Gasteiger partial charge on any atom is -0.475 e. The first-order valence-electron chi connectivity index (χ1n) is 4.23. The van der Waals surface area contributed by atoms with Crippen LogP contribution in [0, 0.1) is 6.92 Å². The van der Waals surface area contributed by atoms with E-state index < -0.39 is 11.8 Å². The molecule has 0 unspecified atom stereocenters. The van der Waals surface area contributed by atoms with Crippen molar-refractivity contribution in [1.29, 1.82) is 0 Å². The molecule has 15 heavy (non-hydrogen) atoms. The molecule has 5 nitrogen and oxygen atoms in total. The zero-order valence-electron chi connectivity index (χ0n) is 7.85. The van der Waals surface area contributed by atoms with E-state index in [1.165, 1.54) is 6.07 Å². The summed E-state index contributed by atoms with van der Waals surface area (Å²) in [5, 5.41) is 8.59. The van der Waals surface area contributed by atoms with Gasteiger partial charge in [0.2, 0.25) is 0 Å². The normalized spacial score (nSPS) is 10.5. The molecule has 1 N–H and O–H groups in total. The molecule has 0 atom stereocenters. The number of benzene rings is 1. The number of carbonyl (C=O) groups is 2. The third kappa shape index (κ3) is 1.48. The first-order chi connectivity index (χ1) is 7.09. The van der Waals surface area contributed by atoms with Crippen LogP contribution in [0.15, 0.2) is 22.6 Å². The van der Waals surface area contributed by atoms with E-state index >= 15 is 0 Å². The number of fused-ring (bicyclic) bond motifs is 1. The lowest BCUT2D eigenvalue weighted by Gasteiger charge is -1.95. The second-order valence-corrected chi connectivity index (χ2v) is 3.02. The number of Topliss-reactive ketones (excluding diaryl/α,β-unsaturated/α-hetero) is 1. The molecule has 0 radical (unpaired) electrons. The summed E-state index contributed by atoms with van der Waals surface area (Å²) in [4.78, 5) is 25.8. The average Bonchev–Trinajstić information content (AvgIpc) is 2.56. The maximum Gasteiger partial charge on any atom is 0.377 e. The molecule has 76 valence electrons. The smallest absolute Gasteiger partial charge is 0.377 e. The topological polar surface area (TPSA) is 80.4 Å². The number of aliphatic carboxylic acids is 1. The summed E-state index contributed by atoms with van der Waals surface area (Å²) in [6.07, 6.45) is 0. The van der Waals surface area contributed by atoms with Crippen LogP contribution in [0.4, 0.5) is 0 Å². The van der Waals surface area contributed by atoms with E-state index in [-0.39, 0.29) is 11.1 Å². The van der Waals surface area contributed by atoms with E-state index in [4.69, 9.17) is 9.52 Å². The fourth-order valence-electron chi connectivity index (χ4n) is 1.35. The fourth-order valence-corrected chi connectivity index (χ4v) is 1.35. The first kappa shape index (κ1) is 9.39. The fraction of sp³-hybridized carbons (Fsp3) is 0.100. The number of hydrogen-bond donors (Lipinski definition) is 1. The molecular weight excluding hydrogens is 198 g/mol. The van der Waals surface area contributed by atoms with Gasteiger partial charge in [-0.15, -0.1) is 0 Å². The Kier molecular flexibility index (Phi) is 2.00. The van der Waals surface area contributed by atoms with Gasteiger partial charge in [-0.1, -0.05) is 6.07 Å². The van der Waals surface area contributed by atoms with Crippen molar-refractivity contribution < 1.29 is 19.1 Å². The van der Waals surface area contributed by atoms with Crippen LogP contribution >= 0.6 is 0 Å². The molecule has 1 aromatic carbocycles. The van der Waals surface area contributed by atoms with Crippen molar-refractivity contribution in [1.82, 2.24) is 4.98 Å². The van der Waals surface area contributed by atoms with Gasteiger partial charge in [0, 0.05) is 6.92 Å². The van der Waals surface area contributed by atoms with Crippen molar-refractivity contribution in [2.75, 3.05) is 0 Å². The number of carboxylic acids is 1. The van der Waals surface area contributed by atoms with Gasteiger partial charge < -0.3 is 9.52 Å². The molecule has 0 saturated heterocycles. The van der Waals surface area contributed by atoms with Crippen LogP contribution in [0.1, 0.15) is 16.2 Å². The molecule has 0 amide bonds. The highest BCUT2D eigenvalue weighted by Gasteiger charge is 2.19. The molecule has 2 rings (SSSR count). The number of aromatic nitrogens is 1. The Bertz CT molecular complexity index is 556. The Morgan fingerprint density at radius 1 is 1.40 bits per heavy atom. The van der Waals surface area contributed by atoms with Crippen LogP contribution in [-0.2, 0) is 4.79 Å². The summed E-state index contributed by atoms with van der Waals surface area (Å²) in [7, 11) is 0. The van der Waals surface area contributed by atoms with Crippen molar-refractivity contribution in [3.63, 3.8) is 0 Å². The lowest BCUT2D eigenvalue weighted by atomic mass is 10.1. The largest absolute Gasteiger partial charge is 0.475 e. The summed E-state index contributed by atoms with van der Waals surface area (Å²) >= 11 is 0. The number of carbonyl (C=O) groups excluding carboxylic acids is 1. The van der Waals surface area contributed by atoms with Crippen LogP contribution in [0.25, 0.3) is 11.1 Å². The van der Waals surface area contributed by atoms with Crippen molar-refractivity contribution >= 4 is 22.9 Å². The van der Waals surface area contributed by atoms with E-state index in [1.54, 1.807) is 19.1 Å². The second-order valence-electron chi connectivity index (χ2n) is 3.02. The molecular formula is C10H7NO4. The molecule has 0 aliphatic carbocycles. The van der Waals surface area contributed by atoms with Gasteiger partial charge >= 0.3 is 5.97 Å². The van der Waals surface area contributed by atoms with Gasteiger partial charge in [0.1, 0.15) is 5.52 Å². The van der Waals surface area contributed by atoms with Gasteiger partial charge in [-0.3, -0.25) is 4.79 Å². The predicted molar refractivity (Wildman–Crippen MR) is 50.7 cm³/mol. The lowest BCUT2D eigenvalue weighted by molar-refractivity contribution is -0.131. The molecule has 0 spiro atoms. The van der Waals surface area contributed by atoms with Crippen molar-refractivity contribution in [3.8, 4) is 0 Å². The second kappa shape index (κ2) is 3.20. The highest BCUT2D eigenvalue weighted by atomic mass is 16.4. The SMILES string of the molecule is Cc1nc2cccc(C(=O)C(=O)O)c2o1. The minimum atomic E-state index is -1.50. The monoisotopic (exact) mass is 205 g/mol. The summed E-state index contributed by atoms with van der Waals surface area (Å²) < 4.78 is 5.18. The highest BCUT2D eigenvalue weighted by molar-refractivity contribution is 6.41. The molecule has 2 aromatic rings. The molecule has 5 heteroatoms. The minimum absolute atomic E-state index is 0.0283. The highest BCUT2D eigenvalue weighted by Crippen LogP contribution is 2.20. The summed E-state index contributed by atoms with van der Waals surface area (Å²) in [5.41, 5.74) is 0.739. The third-order valence-corrected chi connectivity index (χ3v) is 1.96. The van der Waals surface area contributed by atoms with Gasteiger partial charge in [0.15, 0.2) is 11.5 Å². The number of nitrogens with zero attached hydrogens (tertiary/aromatic N) is 1.